The van der Waals surface area contributed by atoms with Crippen LogP contribution in [0.4, 0.5) is 10.1 Å². The van der Waals surface area contributed by atoms with Crippen molar-refractivity contribution < 1.29 is 4.39 Å². The maximum atomic E-state index is 13.9. The molecule has 0 aliphatic rings. The number of nitrogens with two attached hydrogens (primary N) is 1. The second-order valence-corrected chi connectivity index (χ2v) is 4.15. The minimum absolute atomic E-state index is 0.232. The Morgan fingerprint density at radius 3 is 2.62 bits per heavy atom. The van der Waals surface area contributed by atoms with Gasteiger partial charge in [0.05, 0.1) is 0 Å². The van der Waals surface area contributed by atoms with Crippen LogP contribution in [0.15, 0.2) is 36.4 Å². The topological polar surface area (TPSA) is 26.0 Å². The molecule has 1 nitrogen and oxygen atoms in total. The maximum absolute atomic E-state index is 13.9. The van der Waals surface area contributed by atoms with Gasteiger partial charge in [-0.2, -0.15) is 0 Å². The minimum Gasteiger partial charge on any atom is -0.399 e. The van der Waals surface area contributed by atoms with E-state index in [2.05, 4.69) is 0 Å². The van der Waals surface area contributed by atoms with Crippen molar-refractivity contribution >= 4 is 17.3 Å². The van der Waals surface area contributed by atoms with E-state index in [1.54, 1.807) is 37.3 Å². The molecule has 0 fully saturated rings. The predicted octanol–water partition coefficient (Wildman–Crippen LogP) is 4.04. The van der Waals surface area contributed by atoms with Crippen molar-refractivity contribution in [3.63, 3.8) is 0 Å². The van der Waals surface area contributed by atoms with E-state index in [-0.39, 0.29) is 5.82 Å². The zero-order valence-corrected chi connectivity index (χ0v) is 9.55. The van der Waals surface area contributed by atoms with Crippen LogP contribution in [0.5, 0.6) is 0 Å². The number of rotatable bonds is 1. The van der Waals surface area contributed by atoms with Crippen molar-refractivity contribution in [2.24, 2.45) is 0 Å². The third-order valence-electron chi connectivity index (χ3n) is 2.42. The lowest BCUT2D eigenvalue weighted by Crippen LogP contribution is -1.90. The molecule has 0 atom stereocenters. The smallest absolute Gasteiger partial charge is 0.133 e. The standard InChI is InChI=1S/C13H11ClFN/c1-8-3-2-4-12(13(8)15)9-5-10(14)7-11(16)6-9/h2-7H,16H2,1H3. The van der Waals surface area contributed by atoms with Crippen LogP contribution in [0, 0.1) is 12.7 Å². The summed E-state index contributed by atoms with van der Waals surface area (Å²) in [5, 5.41) is 0.510. The first-order chi connectivity index (χ1) is 7.58. The molecule has 3 heteroatoms. The maximum Gasteiger partial charge on any atom is 0.133 e. The van der Waals surface area contributed by atoms with Gasteiger partial charge >= 0.3 is 0 Å². The van der Waals surface area contributed by atoms with E-state index in [0.29, 0.717) is 27.4 Å². The first kappa shape index (κ1) is 11.0. The van der Waals surface area contributed by atoms with Crippen molar-refractivity contribution in [2.75, 3.05) is 5.73 Å². The molecule has 0 unspecified atom stereocenters. The summed E-state index contributed by atoms with van der Waals surface area (Å²) >= 11 is 5.89. The Bertz CT molecular complexity index is 517. The SMILES string of the molecule is Cc1cccc(-c2cc(N)cc(Cl)c2)c1F. The molecule has 0 heterocycles. The van der Waals surface area contributed by atoms with Crippen LogP contribution in [0.1, 0.15) is 5.56 Å². The van der Waals surface area contributed by atoms with Gasteiger partial charge in [-0.25, -0.2) is 4.39 Å². The zero-order chi connectivity index (χ0) is 11.7. The molecule has 0 spiro atoms. The van der Waals surface area contributed by atoms with Gasteiger partial charge in [-0.05, 0) is 36.2 Å². The Labute approximate surface area is 98.7 Å². The van der Waals surface area contributed by atoms with Gasteiger partial charge in [0.15, 0.2) is 0 Å². The average Bonchev–Trinajstić information content (AvgIpc) is 2.20. The van der Waals surface area contributed by atoms with E-state index in [9.17, 15) is 4.39 Å². The van der Waals surface area contributed by atoms with Gasteiger partial charge in [-0.3, -0.25) is 0 Å². The number of nitrogen functional groups attached to an aromatic ring is 1. The molecule has 16 heavy (non-hydrogen) atoms. The van der Waals surface area contributed by atoms with Gasteiger partial charge in [-0.1, -0.05) is 29.8 Å². The lowest BCUT2D eigenvalue weighted by molar-refractivity contribution is 0.622. The van der Waals surface area contributed by atoms with Gasteiger partial charge in [0, 0.05) is 16.3 Å². The summed E-state index contributed by atoms with van der Waals surface area (Å²) in [5.41, 5.74) is 8.04. The normalized spacial score (nSPS) is 10.4. The van der Waals surface area contributed by atoms with Crippen LogP contribution in [-0.4, -0.2) is 0 Å². The largest absolute Gasteiger partial charge is 0.399 e. The molecule has 2 N–H and O–H groups in total. The van der Waals surface area contributed by atoms with Gasteiger partial charge in [-0.15, -0.1) is 0 Å². The summed E-state index contributed by atoms with van der Waals surface area (Å²) in [5.74, 6) is -0.232. The van der Waals surface area contributed by atoms with E-state index in [4.69, 9.17) is 17.3 Å². The van der Waals surface area contributed by atoms with Crippen molar-refractivity contribution in [1.29, 1.82) is 0 Å². The molecule has 0 aliphatic carbocycles. The quantitative estimate of drug-likeness (QED) is 0.742. The first-order valence-corrected chi connectivity index (χ1v) is 5.27. The van der Waals surface area contributed by atoms with Crippen LogP contribution in [0.25, 0.3) is 11.1 Å². The lowest BCUT2D eigenvalue weighted by atomic mass is 10.0. The van der Waals surface area contributed by atoms with Crippen molar-refractivity contribution in [2.45, 2.75) is 6.92 Å². The molecule has 2 aromatic rings. The van der Waals surface area contributed by atoms with Gasteiger partial charge < -0.3 is 5.73 Å². The van der Waals surface area contributed by atoms with Gasteiger partial charge in [0.1, 0.15) is 5.82 Å². The summed E-state index contributed by atoms with van der Waals surface area (Å²) in [6, 6.07) is 10.3. The Morgan fingerprint density at radius 1 is 1.19 bits per heavy atom. The zero-order valence-electron chi connectivity index (χ0n) is 8.80. The van der Waals surface area contributed by atoms with Crippen molar-refractivity contribution in [3.05, 3.63) is 52.8 Å². The fourth-order valence-electron chi connectivity index (χ4n) is 1.64. The minimum atomic E-state index is -0.232. The number of halogens is 2. The number of hydrogen-bond donors (Lipinski definition) is 1. The summed E-state index contributed by atoms with van der Waals surface area (Å²) in [6.07, 6.45) is 0. The fourth-order valence-corrected chi connectivity index (χ4v) is 1.88. The molecule has 0 bridgehead atoms. The van der Waals surface area contributed by atoms with E-state index >= 15 is 0 Å². The highest BCUT2D eigenvalue weighted by molar-refractivity contribution is 6.31. The molecule has 0 amide bonds. The summed E-state index contributed by atoms with van der Waals surface area (Å²) in [7, 11) is 0. The highest BCUT2D eigenvalue weighted by Gasteiger charge is 2.08. The highest BCUT2D eigenvalue weighted by atomic mass is 35.5. The molecule has 2 aromatic carbocycles. The second kappa shape index (κ2) is 4.14. The van der Waals surface area contributed by atoms with Gasteiger partial charge in [0.2, 0.25) is 0 Å². The summed E-state index contributed by atoms with van der Waals surface area (Å²) < 4.78 is 13.9. The molecular formula is C13H11ClFN. The summed E-state index contributed by atoms with van der Waals surface area (Å²) in [6.45, 7) is 1.73. The molecule has 0 radical (unpaired) electrons. The molecule has 0 saturated heterocycles. The van der Waals surface area contributed by atoms with Crippen molar-refractivity contribution in [3.8, 4) is 11.1 Å². The predicted molar refractivity (Wildman–Crippen MR) is 66.0 cm³/mol. The summed E-state index contributed by atoms with van der Waals surface area (Å²) in [4.78, 5) is 0. The Morgan fingerprint density at radius 2 is 1.94 bits per heavy atom. The van der Waals surface area contributed by atoms with E-state index in [0.717, 1.165) is 0 Å². The molecule has 0 aromatic heterocycles. The van der Waals surface area contributed by atoms with Crippen LogP contribution < -0.4 is 5.73 Å². The third kappa shape index (κ3) is 2.02. The number of anilines is 1. The first-order valence-electron chi connectivity index (χ1n) is 4.89. The van der Waals surface area contributed by atoms with E-state index < -0.39 is 0 Å². The number of hydrogen-bond acceptors (Lipinski definition) is 1. The molecule has 0 saturated carbocycles. The Kier molecular flexibility index (Phi) is 2.84. The second-order valence-electron chi connectivity index (χ2n) is 3.71. The monoisotopic (exact) mass is 235 g/mol. The fraction of sp³-hybridized carbons (Fsp3) is 0.0769. The highest BCUT2D eigenvalue weighted by Crippen LogP contribution is 2.29. The average molecular weight is 236 g/mol. The van der Waals surface area contributed by atoms with Crippen LogP contribution >= 0.6 is 11.6 Å². The van der Waals surface area contributed by atoms with E-state index in [1.807, 2.05) is 6.07 Å². The lowest BCUT2D eigenvalue weighted by Gasteiger charge is -2.07. The Hall–Kier alpha value is -1.54. The Balaban J connectivity index is 2.63. The van der Waals surface area contributed by atoms with Crippen LogP contribution in [0.2, 0.25) is 5.02 Å². The molecule has 0 aliphatic heterocycles. The molecule has 82 valence electrons. The molecule has 2 rings (SSSR count). The van der Waals surface area contributed by atoms with Crippen molar-refractivity contribution in [1.82, 2.24) is 0 Å². The number of aryl methyl sites for hydroxylation is 1. The van der Waals surface area contributed by atoms with Crippen LogP contribution in [0.3, 0.4) is 0 Å². The number of benzene rings is 2. The van der Waals surface area contributed by atoms with Crippen LogP contribution in [-0.2, 0) is 0 Å². The molecular weight excluding hydrogens is 225 g/mol. The van der Waals surface area contributed by atoms with Gasteiger partial charge in [0.25, 0.3) is 0 Å². The van der Waals surface area contributed by atoms with E-state index in [1.165, 1.54) is 0 Å². The third-order valence-corrected chi connectivity index (χ3v) is 2.64.